The van der Waals surface area contributed by atoms with Crippen molar-refractivity contribution in [1.29, 1.82) is 0 Å². The minimum Gasteiger partial charge on any atom is -0.397 e. The molecule has 0 aliphatic rings. The monoisotopic (exact) mass is 307 g/mol. The highest BCUT2D eigenvalue weighted by Crippen LogP contribution is 2.34. The third-order valence-corrected chi connectivity index (χ3v) is 4.39. The molecule has 0 aromatic carbocycles. The van der Waals surface area contributed by atoms with Crippen molar-refractivity contribution >= 4 is 33.1 Å². The maximum atomic E-state index is 12.3. The largest absolute Gasteiger partial charge is 0.397 e. The minimum absolute atomic E-state index is 0.143. The van der Waals surface area contributed by atoms with Crippen LogP contribution < -0.4 is 11.1 Å². The average Bonchev–Trinajstić information content (AvgIpc) is 2.73. The van der Waals surface area contributed by atoms with E-state index < -0.39 is 0 Å². The number of anilines is 1. The Morgan fingerprint density at radius 2 is 2.24 bits per heavy atom. The van der Waals surface area contributed by atoms with Gasteiger partial charge in [-0.15, -0.1) is 11.3 Å². The van der Waals surface area contributed by atoms with E-state index in [9.17, 15) is 4.79 Å². The Kier molecular flexibility index (Phi) is 4.80. The number of hydrogen-bond donors (Lipinski definition) is 2. The number of nitrogens with zero attached hydrogens (tertiary/aromatic N) is 1. The molecule has 1 amide bonds. The lowest BCUT2D eigenvalue weighted by Crippen LogP contribution is -2.29. The number of carbonyl (C=O) groups is 1. The number of nitrogens with two attached hydrogens (primary N) is 1. The second kappa shape index (κ2) is 6.41. The van der Waals surface area contributed by atoms with E-state index in [1.54, 1.807) is 7.11 Å². The van der Waals surface area contributed by atoms with Crippen molar-refractivity contribution in [1.82, 2.24) is 10.3 Å². The summed E-state index contributed by atoms with van der Waals surface area (Å²) in [6, 6.07) is 1.98. The summed E-state index contributed by atoms with van der Waals surface area (Å²) in [5, 5.41) is 3.79. The van der Waals surface area contributed by atoms with Crippen LogP contribution in [0.3, 0.4) is 0 Å². The molecule has 5 nitrogen and oxygen atoms in total. The van der Waals surface area contributed by atoms with E-state index in [1.807, 2.05) is 26.8 Å². The van der Waals surface area contributed by atoms with Crippen LogP contribution in [0.1, 0.15) is 27.9 Å². The van der Waals surface area contributed by atoms with Gasteiger partial charge in [0.05, 0.1) is 12.3 Å². The van der Waals surface area contributed by atoms with Crippen molar-refractivity contribution in [2.75, 3.05) is 26.0 Å². The molecule has 2 rings (SSSR count). The molecule has 114 valence electrons. The highest BCUT2D eigenvalue weighted by Gasteiger charge is 2.19. The van der Waals surface area contributed by atoms with Gasteiger partial charge in [0.1, 0.15) is 9.71 Å². The molecule has 0 bridgehead atoms. The molecule has 0 fully saturated rings. The van der Waals surface area contributed by atoms with Gasteiger partial charge in [0.2, 0.25) is 0 Å². The first-order valence-electron chi connectivity index (χ1n) is 6.87. The van der Waals surface area contributed by atoms with Gasteiger partial charge in [0, 0.05) is 24.7 Å². The van der Waals surface area contributed by atoms with E-state index in [-0.39, 0.29) is 11.8 Å². The molecule has 0 aliphatic heterocycles. The predicted molar refractivity (Wildman–Crippen MR) is 86.9 cm³/mol. The third kappa shape index (κ3) is 3.33. The number of pyridine rings is 1. The van der Waals surface area contributed by atoms with Crippen LogP contribution in [-0.4, -0.2) is 31.2 Å². The number of nitrogen functional groups attached to an aromatic ring is 1. The highest BCUT2D eigenvalue weighted by atomic mass is 32.1. The van der Waals surface area contributed by atoms with Gasteiger partial charge in [-0.2, -0.15) is 0 Å². The zero-order valence-electron chi connectivity index (χ0n) is 12.8. The number of carbonyl (C=O) groups excluding carboxylic acids is 1. The second-order valence-electron chi connectivity index (χ2n) is 5.38. The van der Waals surface area contributed by atoms with Crippen molar-refractivity contribution in [2.45, 2.75) is 20.8 Å². The number of fused-ring (bicyclic) bond motifs is 1. The van der Waals surface area contributed by atoms with Gasteiger partial charge in [-0.25, -0.2) is 4.98 Å². The molecule has 0 aliphatic carbocycles. The average molecular weight is 307 g/mol. The summed E-state index contributed by atoms with van der Waals surface area (Å²) in [7, 11) is 1.65. The van der Waals surface area contributed by atoms with Crippen molar-refractivity contribution < 1.29 is 9.53 Å². The van der Waals surface area contributed by atoms with Crippen LogP contribution in [0.15, 0.2) is 6.07 Å². The van der Waals surface area contributed by atoms with Gasteiger partial charge in [0.15, 0.2) is 0 Å². The topological polar surface area (TPSA) is 77.2 Å². The van der Waals surface area contributed by atoms with E-state index in [0.717, 1.165) is 21.5 Å². The Bertz CT molecular complexity index is 666. The van der Waals surface area contributed by atoms with Crippen molar-refractivity contribution in [3.63, 3.8) is 0 Å². The van der Waals surface area contributed by atoms with E-state index in [4.69, 9.17) is 10.5 Å². The van der Waals surface area contributed by atoms with E-state index in [2.05, 4.69) is 10.3 Å². The SMILES string of the molecule is COCC(C)CNC(=O)c1sc2nc(C)cc(C)c2c1N. The molecule has 3 N–H and O–H groups in total. The van der Waals surface area contributed by atoms with E-state index >= 15 is 0 Å². The molecule has 1 atom stereocenters. The lowest BCUT2D eigenvalue weighted by atomic mass is 10.1. The summed E-state index contributed by atoms with van der Waals surface area (Å²) in [6.45, 7) is 7.12. The lowest BCUT2D eigenvalue weighted by molar-refractivity contribution is 0.0939. The van der Waals surface area contributed by atoms with Crippen molar-refractivity contribution in [3.05, 3.63) is 22.2 Å². The van der Waals surface area contributed by atoms with Crippen LogP contribution in [-0.2, 0) is 4.74 Å². The van der Waals surface area contributed by atoms with Crippen LogP contribution in [0.5, 0.6) is 0 Å². The maximum Gasteiger partial charge on any atom is 0.263 e. The first kappa shape index (κ1) is 15.7. The first-order valence-corrected chi connectivity index (χ1v) is 7.69. The first-order chi connectivity index (χ1) is 9.93. The van der Waals surface area contributed by atoms with Crippen molar-refractivity contribution in [2.24, 2.45) is 5.92 Å². The summed E-state index contributed by atoms with van der Waals surface area (Å²) in [5.74, 6) is 0.118. The standard InChI is InChI=1S/C15H21N3O2S/c1-8(7-20-4)6-17-14(19)13-12(16)11-9(2)5-10(3)18-15(11)21-13/h5,8H,6-7,16H2,1-4H3,(H,17,19). The van der Waals surface area contributed by atoms with Crippen molar-refractivity contribution in [3.8, 4) is 0 Å². The fourth-order valence-corrected chi connectivity index (χ4v) is 3.46. The molecule has 2 heterocycles. The molecule has 21 heavy (non-hydrogen) atoms. The molecule has 0 saturated heterocycles. The molecule has 0 radical (unpaired) electrons. The van der Waals surface area contributed by atoms with Gasteiger partial charge in [-0.05, 0) is 31.4 Å². The zero-order chi connectivity index (χ0) is 15.6. The summed E-state index contributed by atoms with van der Waals surface area (Å²) < 4.78 is 5.06. The van der Waals surface area contributed by atoms with E-state index in [1.165, 1.54) is 11.3 Å². The summed E-state index contributed by atoms with van der Waals surface area (Å²) in [4.78, 5) is 18.1. The zero-order valence-corrected chi connectivity index (χ0v) is 13.6. The summed E-state index contributed by atoms with van der Waals surface area (Å²) in [5.41, 5.74) is 8.65. The Hall–Kier alpha value is -1.66. The van der Waals surface area contributed by atoms with Crippen LogP contribution >= 0.6 is 11.3 Å². The number of methoxy groups -OCH3 is 1. The summed E-state index contributed by atoms with van der Waals surface area (Å²) in [6.07, 6.45) is 0. The van der Waals surface area contributed by atoms with Crippen LogP contribution in [0, 0.1) is 19.8 Å². The quantitative estimate of drug-likeness (QED) is 0.890. The lowest BCUT2D eigenvalue weighted by Gasteiger charge is -2.11. The molecule has 1 unspecified atom stereocenters. The molecule has 0 saturated carbocycles. The van der Waals surface area contributed by atoms with Gasteiger partial charge in [-0.1, -0.05) is 6.92 Å². The number of aryl methyl sites for hydroxylation is 2. The number of thiophene rings is 1. The highest BCUT2D eigenvalue weighted by molar-refractivity contribution is 7.21. The van der Waals surface area contributed by atoms with Crippen LogP contribution in [0.4, 0.5) is 5.69 Å². The smallest absolute Gasteiger partial charge is 0.263 e. The molecule has 2 aromatic heterocycles. The Labute approximate surface area is 128 Å². The van der Waals surface area contributed by atoms with Gasteiger partial charge in [-0.3, -0.25) is 4.79 Å². The minimum atomic E-state index is -0.143. The summed E-state index contributed by atoms with van der Waals surface area (Å²) >= 11 is 1.35. The van der Waals surface area contributed by atoms with Gasteiger partial charge < -0.3 is 15.8 Å². The molecular formula is C15H21N3O2S. The predicted octanol–water partition coefficient (Wildman–Crippen LogP) is 2.51. The van der Waals surface area contributed by atoms with Gasteiger partial charge >= 0.3 is 0 Å². The molecular weight excluding hydrogens is 286 g/mol. The molecule has 6 heteroatoms. The normalized spacial score (nSPS) is 12.6. The van der Waals surface area contributed by atoms with Crippen LogP contribution in [0.25, 0.3) is 10.2 Å². The third-order valence-electron chi connectivity index (χ3n) is 3.29. The van der Waals surface area contributed by atoms with E-state index in [0.29, 0.717) is 23.7 Å². The second-order valence-corrected chi connectivity index (χ2v) is 6.38. The number of hydrogen-bond acceptors (Lipinski definition) is 5. The number of amides is 1. The van der Waals surface area contributed by atoms with Gasteiger partial charge in [0.25, 0.3) is 5.91 Å². The molecule has 2 aromatic rings. The number of ether oxygens (including phenoxy) is 1. The fourth-order valence-electron chi connectivity index (χ4n) is 2.33. The van der Waals surface area contributed by atoms with Crippen LogP contribution in [0.2, 0.25) is 0 Å². The number of aromatic nitrogens is 1. The Balaban J connectivity index is 2.24. The Morgan fingerprint density at radius 1 is 1.52 bits per heavy atom. The molecule has 0 spiro atoms. The number of nitrogens with one attached hydrogen (secondary N) is 1. The maximum absolute atomic E-state index is 12.3. The number of rotatable bonds is 5. The Morgan fingerprint density at radius 3 is 2.90 bits per heavy atom. The fraction of sp³-hybridized carbons (Fsp3) is 0.467.